The van der Waals surface area contributed by atoms with Crippen molar-refractivity contribution in [1.82, 2.24) is 9.78 Å². The minimum Gasteiger partial charge on any atom is -0.462 e. The summed E-state index contributed by atoms with van der Waals surface area (Å²) in [5.41, 5.74) is -0.0766. The van der Waals surface area contributed by atoms with Crippen molar-refractivity contribution >= 4 is 11.7 Å². The summed E-state index contributed by atoms with van der Waals surface area (Å²) in [4.78, 5) is 24.9. The smallest absolute Gasteiger partial charge is 0.363 e. The van der Waals surface area contributed by atoms with Crippen LogP contribution in [0, 0.1) is 0 Å². The van der Waals surface area contributed by atoms with E-state index < -0.39 is 17.8 Å². The van der Waals surface area contributed by atoms with Crippen LogP contribution in [-0.4, -0.2) is 35.4 Å². The summed E-state index contributed by atoms with van der Waals surface area (Å²) < 4.78 is 18.7. The number of ether oxygens (including phenoxy) is 1. The van der Waals surface area contributed by atoms with Crippen molar-refractivity contribution in [3.05, 3.63) is 22.6 Å². The number of halogens is 1. The topological polar surface area (TPSA) is 64.4 Å². The molecule has 0 amide bonds. The van der Waals surface area contributed by atoms with Crippen molar-refractivity contribution in [3.8, 4) is 0 Å². The Morgan fingerprint density at radius 2 is 2.11 bits per heavy atom. The van der Waals surface area contributed by atoms with Gasteiger partial charge in [-0.25, -0.2) is 9.18 Å². The molecule has 0 saturated heterocycles. The van der Waals surface area contributed by atoms with Gasteiger partial charge in [-0.05, 0) is 20.8 Å². The zero-order valence-electron chi connectivity index (χ0n) is 11.3. The molecule has 1 aromatic rings. The molecule has 0 saturated carbocycles. The van der Waals surface area contributed by atoms with E-state index in [9.17, 15) is 14.0 Å². The average molecular weight is 271 g/mol. The minimum absolute atomic E-state index is 0.0472. The van der Waals surface area contributed by atoms with Gasteiger partial charge in [0.15, 0.2) is 0 Å². The number of hydrogen-bond donors (Lipinski definition) is 0. The summed E-state index contributed by atoms with van der Waals surface area (Å²) in [7, 11) is 0. The summed E-state index contributed by atoms with van der Waals surface area (Å²) in [5, 5.41) is 3.68. The zero-order chi connectivity index (χ0) is 14.4. The highest BCUT2D eigenvalue weighted by Gasteiger charge is 2.23. The lowest BCUT2D eigenvalue weighted by molar-refractivity contribution is -0.153. The molecule has 6 nitrogen and oxygen atoms in total. The number of carbonyl (C=O) groups is 1. The Labute approximate surface area is 110 Å². The molecule has 0 fully saturated rings. The minimum atomic E-state index is -2.21. The van der Waals surface area contributed by atoms with Gasteiger partial charge in [0.1, 0.15) is 0 Å². The fourth-order valence-electron chi connectivity index (χ4n) is 1.65. The molecule has 0 aliphatic carbocycles. The lowest BCUT2D eigenvalue weighted by Crippen LogP contribution is -2.32. The second-order valence-corrected chi connectivity index (χ2v) is 3.76. The summed E-state index contributed by atoms with van der Waals surface area (Å²) in [5.74, 6) is -1.12. The molecule has 19 heavy (non-hydrogen) atoms. The predicted octanol–water partition coefficient (Wildman–Crippen LogP) is 1.12. The highest BCUT2D eigenvalue weighted by atomic mass is 19.1. The second-order valence-electron chi connectivity index (χ2n) is 3.76. The van der Waals surface area contributed by atoms with Gasteiger partial charge < -0.3 is 9.64 Å². The molecular weight excluding hydrogens is 253 g/mol. The van der Waals surface area contributed by atoms with Crippen LogP contribution in [-0.2, 0) is 9.53 Å². The number of rotatable bonds is 6. The Morgan fingerprint density at radius 3 is 2.58 bits per heavy atom. The number of alkyl halides is 1. The number of nitrogens with zero attached hydrogens (tertiary/aromatic N) is 3. The molecule has 1 atom stereocenters. The fourth-order valence-corrected chi connectivity index (χ4v) is 1.65. The average Bonchev–Trinajstić information content (AvgIpc) is 2.40. The Kier molecular flexibility index (Phi) is 5.47. The van der Waals surface area contributed by atoms with Crippen molar-refractivity contribution in [2.24, 2.45) is 0 Å². The van der Waals surface area contributed by atoms with E-state index in [2.05, 4.69) is 9.84 Å². The number of aromatic nitrogens is 2. The fraction of sp³-hybridized carbons (Fsp3) is 0.583. The number of esters is 1. The molecule has 0 bridgehead atoms. The first-order valence-corrected chi connectivity index (χ1v) is 6.19. The number of carbonyl (C=O) groups excluding carboxylic acids is 1. The van der Waals surface area contributed by atoms with E-state index in [1.165, 1.54) is 12.3 Å². The number of anilines is 1. The normalized spacial score (nSPS) is 12.0. The van der Waals surface area contributed by atoms with Crippen LogP contribution in [0.5, 0.6) is 0 Å². The van der Waals surface area contributed by atoms with Crippen LogP contribution in [0.4, 0.5) is 10.1 Å². The summed E-state index contributed by atoms with van der Waals surface area (Å²) in [6.07, 6.45) is -0.849. The van der Waals surface area contributed by atoms with Crippen molar-refractivity contribution in [2.45, 2.75) is 27.1 Å². The van der Waals surface area contributed by atoms with Crippen LogP contribution < -0.4 is 10.5 Å². The standard InChI is InChI=1S/C12H18FN3O3/c1-4-15(5-2)9-7-10(17)16(14-8-9)11(13)12(18)19-6-3/h7-8,11H,4-6H2,1-3H3. The van der Waals surface area contributed by atoms with Crippen molar-refractivity contribution in [2.75, 3.05) is 24.6 Å². The van der Waals surface area contributed by atoms with Crippen LogP contribution in [0.15, 0.2) is 17.1 Å². The van der Waals surface area contributed by atoms with E-state index in [0.29, 0.717) is 23.5 Å². The van der Waals surface area contributed by atoms with Crippen molar-refractivity contribution in [3.63, 3.8) is 0 Å². The molecule has 0 N–H and O–H groups in total. The molecule has 0 radical (unpaired) electrons. The molecule has 1 unspecified atom stereocenters. The maximum atomic E-state index is 13.7. The molecule has 0 aromatic carbocycles. The first-order valence-electron chi connectivity index (χ1n) is 6.19. The maximum Gasteiger partial charge on any atom is 0.363 e. The summed E-state index contributed by atoms with van der Waals surface area (Å²) in [6.45, 7) is 6.89. The van der Waals surface area contributed by atoms with E-state index >= 15 is 0 Å². The molecule has 1 heterocycles. The zero-order valence-corrected chi connectivity index (χ0v) is 11.3. The molecular formula is C12H18FN3O3. The first kappa shape index (κ1) is 15.1. The summed E-state index contributed by atoms with van der Waals surface area (Å²) in [6, 6.07) is 1.26. The van der Waals surface area contributed by atoms with Crippen molar-refractivity contribution in [1.29, 1.82) is 0 Å². The lowest BCUT2D eigenvalue weighted by atomic mass is 10.4. The van der Waals surface area contributed by atoms with Gasteiger partial charge in [-0.1, -0.05) is 0 Å². The van der Waals surface area contributed by atoms with Gasteiger partial charge in [0.05, 0.1) is 18.5 Å². The third-order valence-corrected chi connectivity index (χ3v) is 2.64. The highest BCUT2D eigenvalue weighted by Crippen LogP contribution is 2.11. The number of hydrogen-bond acceptors (Lipinski definition) is 5. The predicted molar refractivity (Wildman–Crippen MR) is 68.8 cm³/mol. The molecule has 0 spiro atoms. The van der Waals surface area contributed by atoms with E-state index in [1.807, 2.05) is 18.7 Å². The molecule has 0 aliphatic rings. The second kappa shape index (κ2) is 6.86. The van der Waals surface area contributed by atoms with Gasteiger partial charge in [-0.2, -0.15) is 9.78 Å². The third kappa shape index (κ3) is 3.52. The van der Waals surface area contributed by atoms with Crippen LogP contribution in [0.3, 0.4) is 0 Å². The quantitative estimate of drug-likeness (QED) is 0.725. The maximum absolute atomic E-state index is 13.7. The van der Waals surface area contributed by atoms with Crippen LogP contribution in [0.1, 0.15) is 27.1 Å². The van der Waals surface area contributed by atoms with E-state index in [1.54, 1.807) is 6.92 Å². The monoisotopic (exact) mass is 271 g/mol. The molecule has 1 aromatic heterocycles. The van der Waals surface area contributed by atoms with Crippen LogP contribution >= 0.6 is 0 Å². The Balaban J connectivity index is 3.00. The van der Waals surface area contributed by atoms with Gasteiger partial charge in [-0.3, -0.25) is 4.79 Å². The lowest BCUT2D eigenvalue weighted by Gasteiger charge is -2.20. The Bertz CT molecular complexity index is 485. The van der Waals surface area contributed by atoms with Gasteiger partial charge in [0.2, 0.25) is 0 Å². The highest BCUT2D eigenvalue weighted by molar-refractivity contribution is 5.72. The van der Waals surface area contributed by atoms with Crippen LogP contribution in [0.2, 0.25) is 0 Å². The first-order chi connectivity index (χ1) is 9.04. The third-order valence-electron chi connectivity index (χ3n) is 2.64. The molecule has 7 heteroatoms. The largest absolute Gasteiger partial charge is 0.462 e. The van der Waals surface area contributed by atoms with Gasteiger partial charge in [-0.15, -0.1) is 0 Å². The van der Waals surface area contributed by atoms with Crippen LogP contribution in [0.25, 0.3) is 0 Å². The van der Waals surface area contributed by atoms with Gasteiger partial charge in [0.25, 0.3) is 11.9 Å². The van der Waals surface area contributed by atoms with Gasteiger partial charge >= 0.3 is 5.97 Å². The molecule has 106 valence electrons. The molecule has 0 aliphatic heterocycles. The summed E-state index contributed by atoms with van der Waals surface area (Å²) >= 11 is 0. The molecule has 1 rings (SSSR count). The van der Waals surface area contributed by atoms with Gasteiger partial charge in [0, 0.05) is 19.2 Å². The van der Waals surface area contributed by atoms with E-state index in [4.69, 9.17) is 0 Å². The van der Waals surface area contributed by atoms with Crippen molar-refractivity contribution < 1.29 is 13.9 Å². The van der Waals surface area contributed by atoms with E-state index in [0.717, 1.165) is 0 Å². The Morgan fingerprint density at radius 1 is 1.47 bits per heavy atom. The van der Waals surface area contributed by atoms with E-state index in [-0.39, 0.29) is 6.61 Å². The SMILES string of the molecule is CCOC(=O)C(F)n1ncc(N(CC)CC)cc1=O. The Hall–Kier alpha value is -1.92.